The van der Waals surface area contributed by atoms with Crippen LogP contribution < -0.4 is 9.84 Å². The smallest absolute Gasteiger partial charge is 0.404 e. The number of hydrogen-bond donors (Lipinski definition) is 3. The Labute approximate surface area is 173 Å². The molecular formula is C16H16ClF2N2O8P. The van der Waals surface area contributed by atoms with Gasteiger partial charge in [-0.15, -0.1) is 0 Å². The first kappa shape index (κ1) is 21.4. The molecule has 30 heavy (non-hydrogen) atoms. The van der Waals surface area contributed by atoms with Crippen LogP contribution in [0.1, 0.15) is 12.0 Å². The summed E-state index contributed by atoms with van der Waals surface area (Å²) < 4.78 is 61.2. The van der Waals surface area contributed by atoms with E-state index >= 15 is 4.39 Å². The number of fused-ring (bicyclic) bond motifs is 1. The van der Waals surface area contributed by atoms with Crippen LogP contribution in [0.15, 0.2) is 29.4 Å². The minimum absolute atomic E-state index is 0.0658. The number of rotatable bonds is 4. The molecule has 1 fully saturated rings. The number of aliphatic hydroxyl groups is 2. The SMILES string of the molecule is O=C1NC(O)N([C@@H]2O[C@](F)(COP3(=O)OCc4cc(F)ccc4O3)C[C@H]2O)C=C1Cl. The second-order valence-corrected chi connectivity index (χ2v) is 8.77. The van der Waals surface area contributed by atoms with Crippen molar-refractivity contribution in [1.29, 1.82) is 0 Å². The molecular weight excluding hydrogens is 453 g/mol. The number of nitrogens with one attached hydrogen (secondary N) is 1. The summed E-state index contributed by atoms with van der Waals surface area (Å²) in [6.07, 6.45) is -4.12. The summed E-state index contributed by atoms with van der Waals surface area (Å²) in [6.45, 7) is -1.22. The van der Waals surface area contributed by atoms with Crippen LogP contribution in [0.4, 0.5) is 8.78 Å². The predicted molar refractivity (Wildman–Crippen MR) is 94.6 cm³/mol. The molecule has 3 aliphatic rings. The number of phosphoric ester groups is 1. The van der Waals surface area contributed by atoms with Gasteiger partial charge >= 0.3 is 7.82 Å². The van der Waals surface area contributed by atoms with Gasteiger partial charge in [0.05, 0.1) is 6.61 Å². The number of hydrogen-bond acceptors (Lipinski definition) is 9. The highest BCUT2D eigenvalue weighted by Gasteiger charge is 2.52. The first-order chi connectivity index (χ1) is 14.1. The quantitative estimate of drug-likeness (QED) is 0.562. The van der Waals surface area contributed by atoms with E-state index in [0.717, 1.165) is 23.2 Å². The Kier molecular flexibility index (Phi) is 5.52. The number of carbonyl (C=O) groups is 1. The predicted octanol–water partition coefficient (Wildman–Crippen LogP) is 1.42. The molecule has 2 unspecified atom stereocenters. The molecule has 1 saturated heterocycles. The number of benzene rings is 1. The van der Waals surface area contributed by atoms with Gasteiger partial charge in [0.1, 0.15) is 29.3 Å². The molecule has 0 bridgehead atoms. The highest BCUT2D eigenvalue weighted by Crippen LogP contribution is 2.55. The third-order valence-corrected chi connectivity index (χ3v) is 6.12. The van der Waals surface area contributed by atoms with Crippen LogP contribution in [0.3, 0.4) is 0 Å². The molecule has 0 aromatic heterocycles. The molecule has 164 valence electrons. The lowest BCUT2D eigenvalue weighted by Crippen LogP contribution is -2.55. The topological polar surface area (TPSA) is 127 Å². The number of aliphatic hydroxyl groups excluding tert-OH is 2. The molecule has 14 heteroatoms. The molecule has 0 saturated carbocycles. The summed E-state index contributed by atoms with van der Waals surface area (Å²) in [4.78, 5) is 12.3. The fraction of sp³-hybridized carbons (Fsp3) is 0.438. The average Bonchev–Trinajstić information content (AvgIpc) is 2.98. The van der Waals surface area contributed by atoms with E-state index in [9.17, 15) is 24.0 Å². The van der Waals surface area contributed by atoms with Crippen molar-refractivity contribution >= 4 is 25.3 Å². The van der Waals surface area contributed by atoms with Crippen molar-refractivity contribution in [3.05, 3.63) is 40.8 Å². The highest BCUT2D eigenvalue weighted by atomic mass is 35.5. The number of halogens is 3. The Balaban J connectivity index is 1.42. The molecule has 10 nitrogen and oxygen atoms in total. The molecule has 0 radical (unpaired) electrons. The van der Waals surface area contributed by atoms with E-state index < -0.39 is 57.1 Å². The fourth-order valence-electron chi connectivity index (χ4n) is 3.13. The van der Waals surface area contributed by atoms with Crippen LogP contribution in [0.5, 0.6) is 5.75 Å². The Morgan fingerprint density at radius 3 is 2.97 bits per heavy atom. The summed E-state index contributed by atoms with van der Waals surface area (Å²) in [5.74, 6) is -3.85. The lowest BCUT2D eigenvalue weighted by molar-refractivity contribution is -0.211. The van der Waals surface area contributed by atoms with Crippen LogP contribution in [0, 0.1) is 5.82 Å². The van der Waals surface area contributed by atoms with Gasteiger partial charge in [-0.1, -0.05) is 11.6 Å². The van der Waals surface area contributed by atoms with Crippen molar-refractivity contribution in [3.63, 3.8) is 0 Å². The summed E-state index contributed by atoms with van der Waals surface area (Å²) in [6, 6.07) is 3.47. The minimum atomic E-state index is -4.23. The fourth-order valence-corrected chi connectivity index (χ4v) is 4.54. The van der Waals surface area contributed by atoms with Crippen molar-refractivity contribution in [2.45, 2.75) is 37.6 Å². The van der Waals surface area contributed by atoms with E-state index in [1.54, 1.807) is 0 Å². The number of alkyl halides is 1. The monoisotopic (exact) mass is 468 g/mol. The van der Waals surface area contributed by atoms with Gasteiger partial charge in [0.2, 0.25) is 12.2 Å². The number of ether oxygens (including phenoxy) is 1. The van der Waals surface area contributed by atoms with Crippen LogP contribution >= 0.6 is 19.4 Å². The van der Waals surface area contributed by atoms with Crippen LogP contribution in [0.25, 0.3) is 0 Å². The van der Waals surface area contributed by atoms with Gasteiger partial charge in [-0.2, -0.15) is 0 Å². The first-order valence-electron chi connectivity index (χ1n) is 8.63. The van der Waals surface area contributed by atoms with Crippen molar-refractivity contribution in [2.24, 2.45) is 0 Å². The van der Waals surface area contributed by atoms with E-state index in [4.69, 9.17) is 29.9 Å². The minimum Gasteiger partial charge on any atom is -0.404 e. The summed E-state index contributed by atoms with van der Waals surface area (Å²) in [5, 5.41) is 21.9. The molecule has 1 aromatic carbocycles. The second-order valence-electron chi connectivity index (χ2n) is 6.77. The van der Waals surface area contributed by atoms with Gasteiger partial charge in [0.25, 0.3) is 5.91 Å². The molecule has 0 spiro atoms. The molecule has 1 aromatic rings. The van der Waals surface area contributed by atoms with E-state index in [-0.39, 0.29) is 17.4 Å². The summed E-state index contributed by atoms with van der Waals surface area (Å²) >= 11 is 5.70. The van der Waals surface area contributed by atoms with Crippen LogP contribution in [-0.4, -0.2) is 52.2 Å². The van der Waals surface area contributed by atoms with E-state index in [0.29, 0.717) is 5.56 Å². The number of nitrogens with zero attached hydrogens (tertiary/aromatic N) is 1. The lowest BCUT2D eigenvalue weighted by Gasteiger charge is -2.36. The van der Waals surface area contributed by atoms with Crippen molar-refractivity contribution in [3.8, 4) is 5.75 Å². The van der Waals surface area contributed by atoms with Crippen molar-refractivity contribution in [1.82, 2.24) is 10.2 Å². The zero-order chi connectivity index (χ0) is 21.7. The van der Waals surface area contributed by atoms with Gasteiger partial charge in [-0.25, -0.2) is 13.3 Å². The Morgan fingerprint density at radius 1 is 1.43 bits per heavy atom. The molecule has 1 amide bonds. The van der Waals surface area contributed by atoms with Gasteiger partial charge in [0.15, 0.2) is 6.23 Å². The molecule has 0 aliphatic carbocycles. The third kappa shape index (κ3) is 4.17. The van der Waals surface area contributed by atoms with Crippen LogP contribution in [-0.2, 0) is 29.8 Å². The molecule has 3 N–H and O–H groups in total. The highest BCUT2D eigenvalue weighted by molar-refractivity contribution is 7.49. The third-order valence-electron chi connectivity index (χ3n) is 4.54. The number of phosphoric acid groups is 1. The lowest BCUT2D eigenvalue weighted by atomic mass is 10.1. The number of amides is 1. The first-order valence-corrected chi connectivity index (χ1v) is 10.5. The standard InChI is InChI=1S/C16H16ClF2N2O8P/c17-10-5-21(15(24)20-13(10)23)14-11(22)4-16(19,28-14)7-27-30(25)26-6-8-3-9(18)1-2-12(8)29-30/h1-3,5,11,14-15,22,24H,4,6-7H2,(H,20,23)/t11-,14-,15?,16+,30?/m1/s1. The maximum absolute atomic E-state index is 15.1. The molecule has 5 atom stereocenters. The zero-order valence-corrected chi connectivity index (χ0v) is 16.7. The van der Waals surface area contributed by atoms with E-state index in [1.165, 1.54) is 6.07 Å². The van der Waals surface area contributed by atoms with Crippen molar-refractivity contribution in [2.75, 3.05) is 6.61 Å². The average molecular weight is 469 g/mol. The van der Waals surface area contributed by atoms with Gasteiger partial charge in [-0.3, -0.25) is 13.8 Å². The Bertz CT molecular complexity index is 952. The Morgan fingerprint density at radius 2 is 2.20 bits per heavy atom. The maximum atomic E-state index is 15.1. The van der Waals surface area contributed by atoms with Gasteiger partial charge in [-0.05, 0) is 18.2 Å². The van der Waals surface area contributed by atoms with Gasteiger partial charge in [0, 0.05) is 18.2 Å². The van der Waals surface area contributed by atoms with Crippen LogP contribution in [0.2, 0.25) is 0 Å². The molecule has 3 aliphatic heterocycles. The van der Waals surface area contributed by atoms with Crippen molar-refractivity contribution < 1.29 is 46.7 Å². The molecule has 4 rings (SSSR count). The van der Waals surface area contributed by atoms with E-state index in [2.05, 4.69) is 5.32 Å². The van der Waals surface area contributed by atoms with Gasteiger partial charge < -0.3 is 29.7 Å². The second kappa shape index (κ2) is 7.72. The summed E-state index contributed by atoms with van der Waals surface area (Å²) in [5.41, 5.74) is 0.303. The maximum Gasteiger partial charge on any atom is 0.530 e. The number of carbonyl (C=O) groups excluding carboxylic acids is 1. The normalized spacial score (nSPS) is 36.0. The largest absolute Gasteiger partial charge is 0.530 e. The zero-order valence-electron chi connectivity index (χ0n) is 15.0. The molecule has 3 heterocycles. The van der Waals surface area contributed by atoms with E-state index in [1.807, 2.05) is 0 Å². The summed E-state index contributed by atoms with van der Waals surface area (Å²) in [7, 11) is -4.23. The Hall–Kier alpha value is -1.79.